The Bertz CT molecular complexity index is 671. The summed E-state index contributed by atoms with van der Waals surface area (Å²) in [6, 6.07) is 18.4. The number of nitrogens with zero attached hydrogens (tertiary/aromatic N) is 3. The van der Waals surface area contributed by atoms with Gasteiger partial charge in [-0.05, 0) is 18.1 Å². The fourth-order valence-corrected chi connectivity index (χ4v) is 2.16. The van der Waals surface area contributed by atoms with Crippen LogP contribution in [0.25, 0.3) is 16.9 Å². The lowest BCUT2D eigenvalue weighted by atomic mass is 10.1. The summed E-state index contributed by atoms with van der Waals surface area (Å²) >= 11 is 0. The number of para-hydroxylation sites is 1. The highest BCUT2D eigenvalue weighted by atomic mass is 15.4. The molecule has 0 aliphatic carbocycles. The molecule has 0 atom stereocenters. The van der Waals surface area contributed by atoms with E-state index in [0.29, 0.717) is 0 Å². The summed E-state index contributed by atoms with van der Waals surface area (Å²) in [5.41, 5.74) is 4.35. The van der Waals surface area contributed by atoms with Gasteiger partial charge >= 0.3 is 0 Å². The lowest BCUT2D eigenvalue weighted by Gasteiger charge is -2.05. The molecule has 2 aromatic carbocycles. The summed E-state index contributed by atoms with van der Waals surface area (Å²) in [6.07, 6.45) is 2.96. The Morgan fingerprint density at radius 1 is 0.947 bits per heavy atom. The van der Waals surface area contributed by atoms with Crippen molar-refractivity contribution in [2.24, 2.45) is 0 Å². The molecular weight excluding hydrogens is 234 g/mol. The first-order valence-electron chi connectivity index (χ1n) is 6.44. The van der Waals surface area contributed by atoms with Crippen molar-refractivity contribution in [3.63, 3.8) is 0 Å². The molecule has 0 saturated carbocycles. The number of benzene rings is 2. The summed E-state index contributed by atoms with van der Waals surface area (Å²) in [7, 11) is 0. The van der Waals surface area contributed by atoms with Gasteiger partial charge in [0.25, 0.3) is 0 Å². The normalized spacial score (nSPS) is 10.6. The summed E-state index contributed by atoms with van der Waals surface area (Å²) in [5, 5.41) is 8.49. The fraction of sp³-hybridized carbons (Fsp3) is 0.125. The Labute approximate surface area is 112 Å². The maximum absolute atomic E-state index is 4.25. The van der Waals surface area contributed by atoms with Crippen LogP contribution in [0.3, 0.4) is 0 Å². The molecule has 0 bridgehead atoms. The van der Waals surface area contributed by atoms with Crippen LogP contribution in [0, 0.1) is 0 Å². The van der Waals surface area contributed by atoms with Gasteiger partial charge in [-0.15, -0.1) is 5.10 Å². The highest BCUT2D eigenvalue weighted by Crippen LogP contribution is 2.19. The molecule has 0 saturated heterocycles. The van der Waals surface area contributed by atoms with Crippen molar-refractivity contribution in [3.05, 3.63) is 66.4 Å². The van der Waals surface area contributed by atoms with Crippen LogP contribution in [0.4, 0.5) is 0 Å². The molecule has 3 heteroatoms. The van der Waals surface area contributed by atoms with Crippen molar-refractivity contribution < 1.29 is 0 Å². The van der Waals surface area contributed by atoms with E-state index in [2.05, 4.69) is 35.4 Å². The van der Waals surface area contributed by atoms with Crippen LogP contribution in [-0.4, -0.2) is 15.0 Å². The predicted molar refractivity (Wildman–Crippen MR) is 76.2 cm³/mol. The smallest absolute Gasteiger partial charge is 0.113 e. The van der Waals surface area contributed by atoms with Gasteiger partial charge in [-0.3, -0.25) is 0 Å². The van der Waals surface area contributed by atoms with Crippen LogP contribution in [0.1, 0.15) is 12.5 Å². The second-order valence-electron chi connectivity index (χ2n) is 4.40. The molecule has 0 N–H and O–H groups in total. The minimum absolute atomic E-state index is 0.895. The molecule has 3 nitrogen and oxygen atoms in total. The first-order chi connectivity index (χ1) is 9.38. The van der Waals surface area contributed by atoms with E-state index in [1.54, 1.807) is 0 Å². The highest BCUT2D eigenvalue weighted by molar-refractivity contribution is 5.58. The van der Waals surface area contributed by atoms with Crippen molar-refractivity contribution in [1.29, 1.82) is 0 Å². The molecule has 3 aromatic rings. The predicted octanol–water partition coefficient (Wildman–Crippen LogP) is 3.50. The molecule has 0 amide bonds. The molecule has 19 heavy (non-hydrogen) atoms. The Morgan fingerprint density at radius 2 is 1.68 bits per heavy atom. The van der Waals surface area contributed by atoms with Crippen LogP contribution >= 0.6 is 0 Å². The van der Waals surface area contributed by atoms with Gasteiger partial charge in [-0.2, -0.15) is 0 Å². The maximum Gasteiger partial charge on any atom is 0.113 e. The molecule has 3 rings (SSSR count). The van der Waals surface area contributed by atoms with Crippen molar-refractivity contribution in [3.8, 4) is 16.9 Å². The zero-order valence-electron chi connectivity index (χ0n) is 10.8. The second kappa shape index (κ2) is 5.06. The molecule has 0 unspecified atom stereocenters. The number of aromatic nitrogens is 3. The lowest BCUT2D eigenvalue weighted by Crippen LogP contribution is -1.99. The quantitative estimate of drug-likeness (QED) is 0.711. The van der Waals surface area contributed by atoms with E-state index in [0.717, 1.165) is 23.4 Å². The standard InChI is InChI=1S/C16H15N3/c1-2-13-8-6-7-11-16(13)19-12-15(17-18-19)14-9-4-3-5-10-14/h3-12H,2H2,1H3. The third-order valence-electron chi connectivity index (χ3n) is 3.18. The number of hydrogen-bond acceptors (Lipinski definition) is 2. The zero-order valence-corrected chi connectivity index (χ0v) is 10.8. The minimum Gasteiger partial charge on any atom is -0.220 e. The first-order valence-corrected chi connectivity index (χ1v) is 6.44. The molecule has 0 spiro atoms. The van der Waals surface area contributed by atoms with Crippen LogP contribution < -0.4 is 0 Å². The monoisotopic (exact) mass is 249 g/mol. The second-order valence-corrected chi connectivity index (χ2v) is 4.40. The number of aryl methyl sites for hydroxylation is 1. The fourth-order valence-electron chi connectivity index (χ4n) is 2.16. The number of hydrogen-bond donors (Lipinski definition) is 0. The van der Waals surface area contributed by atoms with Crippen molar-refractivity contribution in [1.82, 2.24) is 15.0 Å². The van der Waals surface area contributed by atoms with E-state index in [4.69, 9.17) is 0 Å². The Hall–Kier alpha value is -2.42. The van der Waals surface area contributed by atoms with Gasteiger partial charge < -0.3 is 0 Å². The largest absolute Gasteiger partial charge is 0.220 e. The van der Waals surface area contributed by atoms with Crippen molar-refractivity contribution >= 4 is 0 Å². The van der Waals surface area contributed by atoms with E-state index in [1.807, 2.05) is 47.3 Å². The molecular formula is C16H15N3. The van der Waals surface area contributed by atoms with Crippen LogP contribution in [0.2, 0.25) is 0 Å². The molecule has 0 aliphatic heterocycles. The average molecular weight is 249 g/mol. The molecule has 1 aromatic heterocycles. The Morgan fingerprint density at radius 3 is 2.47 bits per heavy atom. The molecule has 1 heterocycles. The third kappa shape index (κ3) is 2.27. The van der Waals surface area contributed by atoms with Crippen LogP contribution in [0.5, 0.6) is 0 Å². The summed E-state index contributed by atoms with van der Waals surface area (Å²) in [6.45, 7) is 2.15. The summed E-state index contributed by atoms with van der Waals surface area (Å²) < 4.78 is 1.85. The molecule has 0 fully saturated rings. The van der Waals surface area contributed by atoms with Crippen molar-refractivity contribution in [2.45, 2.75) is 13.3 Å². The van der Waals surface area contributed by atoms with Crippen molar-refractivity contribution in [2.75, 3.05) is 0 Å². The van der Waals surface area contributed by atoms with Crippen LogP contribution in [0.15, 0.2) is 60.8 Å². The Balaban J connectivity index is 2.02. The molecule has 0 aliphatic rings. The van der Waals surface area contributed by atoms with Gasteiger partial charge in [-0.25, -0.2) is 4.68 Å². The zero-order chi connectivity index (χ0) is 13.1. The summed E-state index contributed by atoms with van der Waals surface area (Å²) in [4.78, 5) is 0. The highest BCUT2D eigenvalue weighted by Gasteiger charge is 2.07. The molecule has 0 radical (unpaired) electrons. The maximum atomic E-state index is 4.25. The van der Waals surface area contributed by atoms with Gasteiger partial charge in [0.05, 0.1) is 11.9 Å². The average Bonchev–Trinajstić information content (AvgIpc) is 2.98. The Kier molecular flexibility index (Phi) is 3.11. The van der Waals surface area contributed by atoms with E-state index in [-0.39, 0.29) is 0 Å². The third-order valence-corrected chi connectivity index (χ3v) is 3.18. The van der Waals surface area contributed by atoms with Gasteiger partial charge in [0.15, 0.2) is 0 Å². The molecule has 94 valence electrons. The lowest BCUT2D eigenvalue weighted by molar-refractivity contribution is 0.794. The number of rotatable bonds is 3. The van der Waals surface area contributed by atoms with E-state index < -0.39 is 0 Å². The van der Waals surface area contributed by atoms with Gasteiger partial charge in [0.1, 0.15) is 5.69 Å². The van der Waals surface area contributed by atoms with Gasteiger partial charge in [0.2, 0.25) is 0 Å². The van der Waals surface area contributed by atoms with E-state index in [9.17, 15) is 0 Å². The first kappa shape index (κ1) is 11.7. The summed E-state index contributed by atoms with van der Waals surface area (Å²) in [5.74, 6) is 0. The minimum atomic E-state index is 0.895. The topological polar surface area (TPSA) is 30.7 Å². The van der Waals surface area contributed by atoms with E-state index >= 15 is 0 Å². The van der Waals surface area contributed by atoms with Gasteiger partial charge in [-0.1, -0.05) is 60.7 Å². The van der Waals surface area contributed by atoms with Crippen LogP contribution in [-0.2, 0) is 6.42 Å². The van der Waals surface area contributed by atoms with E-state index in [1.165, 1.54) is 5.56 Å². The SMILES string of the molecule is CCc1ccccc1-n1cc(-c2ccccc2)nn1. The van der Waals surface area contributed by atoms with Gasteiger partial charge in [0, 0.05) is 5.56 Å².